The van der Waals surface area contributed by atoms with Crippen molar-refractivity contribution >= 4 is 0 Å². The van der Waals surface area contributed by atoms with Crippen LogP contribution in [0.3, 0.4) is 0 Å². The van der Waals surface area contributed by atoms with Crippen molar-refractivity contribution in [1.29, 1.82) is 0 Å². The van der Waals surface area contributed by atoms with E-state index >= 15 is 0 Å². The Balaban J connectivity index is 1.61. The standard InChI is InChI=1S/C15H16F2O/c16-9-3-4-11(17)10(6-9)15(18)14-12-7-1-2-8(5-7)13(12)14/h3-4,6-8,12-15,18H,1-2,5H2. The Morgan fingerprint density at radius 2 is 1.78 bits per heavy atom. The van der Waals surface area contributed by atoms with Crippen LogP contribution in [0.4, 0.5) is 8.78 Å². The summed E-state index contributed by atoms with van der Waals surface area (Å²) < 4.78 is 26.8. The molecule has 2 bridgehead atoms. The number of fused-ring (bicyclic) bond motifs is 5. The number of aliphatic hydroxyl groups is 1. The van der Waals surface area contributed by atoms with Crippen LogP contribution in [0.25, 0.3) is 0 Å². The molecular formula is C15H16F2O. The molecule has 0 saturated heterocycles. The van der Waals surface area contributed by atoms with Gasteiger partial charge in [-0.3, -0.25) is 0 Å². The Hall–Kier alpha value is -0.960. The van der Waals surface area contributed by atoms with Gasteiger partial charge in [0.05, 0.1) is 6.10 Å². The van der Waals surface area contributed by atoms with E-state index in [-0.39, 0.29) is 11.5 Å². The van der Waals surface area contributed by atoms with Gasteiger partial charge >= 0.3 is 0 Å². The van der Waals surface area contributed by atoms with Crippen LogP contribution < -0.4 is 0 Å². The second kappa shape index (κ2) is 3.53. The summed E-state index contributed by atoms with van der Waals surface area (Å²) in [6.45, 7) is 0. The van der Waals surface area contributed by atoms with Gasteiger partial charge < -0.3 is 5.11 Å². The summed E-state index contributed by atoms with van der Waals surface area (Å²) in [5.74, 6) is 1.82. The summed E-state index contributed by atoms with van der Waals surface area (Å²) in [7, 11) is 0. The van der Waals surface area contributed by atoms with E-state index in [2.05, 4.69) is 0 Å². The molecule has 1 N–H and O–H groups in total. The molecule has 0 amide bonds. The molecule has 3 aliphatic rings. The van der Waals surface area contributed by atoms with Crippen LogP contribution >= 0.6 is 0 Å². The lowest BCUT2D eigenvalue weighted by molar-refractivity contribution is 0.125. The minimum atomic E-state index is -0.820. The summed E-state index contributed by atoms with van der Waals surface area (Å²) in [4.78, 5) is 0. The van der Waals surface area contributed by atoms with E-state index in [4.69, 9.17) is 0 Å². The summed E-state index contributed by atoms with van der Waals surface area (Å²) in [5.41, 5.74) is 0.147. The topological polar surface area (TPSA) is 20.2 Å². The second-order valence-corrected chi connectivity index (χ2v) is 6.18. The van der Waals surface area contributed by atoms with Gasteiger partial charge in [0.1, 0.15) is 11.6 Å². The number of hydrogen-bond acceptors (Lipinski definition) is 1. The third-order valence-corrected chi connectivity index (χ3v) is 5.44. The van der Waals surface area contributed by atoms with Gasteiger partial charge in [0.15, 0.2) is 0 Å². The average Bonchev–Trinajstić information content (AvgIpc) is 2.79. The van der Waals surface area contributed by atoms with Gasteiger partial charge in [0.25, 0.3) is 0 Å². The van der Waals surface area contributed by atoms with Crippen LogP contribution in [0.5, 0.6) is 0 Å². The van der Waals surface area contributed by atoms with Gasteiger partial charge in [0.2, 0.25) is 0 Å². The van der Waals surface area contributed by atoms with E-state index in [0.717, 1.165) is 30.0 Å². The monoisotopic (exact) mass is 250 g/mol. The highest BCUT2D eigenvalue weighted by Crippen LogP contribution is 2.72. The lowest BCUT2D eigenvalue weighted by Gasteiger charge is -2.16. The van der Waals surface area contributed by atoms with Gasteiger partial charge in [-0.05, 0) is 67.1 Å². The number of rotatable bonds is 2. The molecule has 0 aliphatic heterocycles. The molecule has 3 fully saturated rings. The molecule has 0 aromatic heterocycles. The van der Waals surface area contributed by atoms with E-state index in [1.54, 1.807) is 0 Å². The SMILES string of the molecule is OC(c1cc(F)ccc1F)C1C2C3CCC(C3)C21. The van der Waals surface area contributed by atoms with Crippen LogP contribution in [-0.2, 0) is 0 Å². The molecule has 18 heavy (non-hydrogen) atoms. The van der Waals surface area contributed by atoms with E-state index in [1.807, 2.05) is 0 Å². The zero-order chi connectivity index (χ0) is 12.4. The van der Waals surface area contributed by atoms with Gasteiger partial charge in [-0.2, -0.15) is 0 Å². The summed E-state index contributed by atoms with van der Waals surface area (Å²) >= 11 is 0. The minimum Gasteiger partial charge on any atom is -0.388 e. The first-order chi connectivity index (χ1) is 8.66. The van der Waals surface area contributed by atoms with Crippen molar-refractivity contribution in [2.75, 3.05) is 0 Å². The highest BCUT2D eigenvalue weighted by atomic mass is 19.1. The first kappa shape index (κ1) is 10.9. The first-order valence-electron chi connectivity index (χ1n) is 6.80. The maximum atomic E-state index is 13.7. The fourth-order valence-electron chi connectivity index (χ4n) is 4.76. The second-order valence-electron chi connectivity index (χ2n) is 6.18. The Kier molecular flexibility index (Phi) is 2.14. The Morgan fingerprint density at radius 1 is 1.11 bits per heavy atom. The molecule has 0 radical (unpaired) electrons. The number of halogens is 2. The average molecular weight is 250 g/mol. The Labute approximate surface area is 105 Å². The van der Waals surface area contributed by atoms with Crippen LogP contribution in [-0.4, -0.2) is 5.11 Å². The Bertz CT molecular complexity index is 485. The molecule has 5 unspecified atom stereocenters. The molecule has 3 aliphatic carbocycles. The number of benzene rings is 1. The van der Waals surface area contributed by atoms with E-state index in [1.165, 1.54) is 19.3 Å². The summed E-state index contributed by atoms with van der Waals surface area (Å²) in [6.07, 6.45) is 3.00. The fraction of sp³-hybridized carbons (Fsp3) is 0.600. The molecule has 5 atom stereocenters. The van der Waals surface area contributed by atoms with Crippen LogP contribution in [0.2, 0.25) is 0 Å². The van der Waals surface area contributed by atoms with Crippen molar-refractivity contribution in [2.24, 2.45) is 29.6 Å². The molecule has 0 heterocycles. The predicted octanol–water partition coefficient (Wildman–Crippen LogP) is 3.29. The lowest BCUT2D eigenvalue weighted by Crippen LogP contribution is -2.10. The minimum absolute atomic E-state index is 0.147. The predicted molar refractivity (Wildman–Crippen MR) is 62.6 cm³/mol. The van der Waals surface area contributed by atoms with Gasteiger partial charge in [-0.15, -0.1) is 0 Å². The van der Waals surface area contributed by atoms with Gasteiger partial charge in [-0.25, -0.2) is 8.78 Å². The van der Waals surface area contributed by atoms with Crippen LogP contribution in [0.15, 0.2) is 18.2 Å². The zero-order valence-electron chi connectivity index (χ0n) is 10.0. The van der Waals surface area contributed by atoms with Crippen molar-refractivity contribution < 1.29 is 13.9 Å². The quantitative estimate of drug-likeness (QED) is 0.854. The summed E-state index contributed by atoms with van der Waals surface area (Å²) in [6, 6.07) is 3.36. The highest BCUT2D eigenvalue weighted by Gasteiger charge is 2.66. The van der Waals surface area contributed by atoms with E-state index in [9.17, 15) is 13.9 Å². The number of hydrogen-bond donors (Lipinski definition) is 1. The smallest absolute Gasteiger partial charge is 0.129 e. The molecule has 1 aromatic rings. The largest absolute Gasteiger partial charge is 0.388 e. The fourth-order valence-corrected chi connectivity index (χ4v) is 4.76. The molecular weight excluding hydrogens is 234 g/mol. The van der Waals surface area contributed by atoms with Crippen molar-refractivity contribution in [3.8, 4) is 0 Å². The number of aliphatic hydroxyl groups excluding tert-OH is 1. The summed E-state index contributed by atoms with van der Waals surface area (Å²) in [5, 5.41) is 10.3. The third kappa shape index (κ3) is 1.34. The molecule has 96 valence electrons. The van der Waals surface area contributed by atoms with Crippen LogP contribution in [0, 0.1) is 41.2 Å². The molecule has 3 heteroatoms. The molecule has 4 rings (SSSR count). The van der Waals surface area contributed by atoms with E-state index < -0.39 is 17.7 Å². The normalized spacial score (nSPS) is 41.8. The maximum absolute atomic E-state index is 13.7. The third-order valence-electron chi connectivity index (χ3n) is 5.44. The van der Waals surface area contributed by atoms with Crippen molar-refractivity contribution in [3.63, 3.8) is 0 Å². The first-order valence-corrected chi connectivity index (χ1v) is 6.80. The van der Waals surface area contributed by atoms with Crippen molar-refractivity contribution in [1.82, 2.24) is 0 Å². The lowest BCUT2D eigenvalue weighted by atomic mass is 9.94. The molecule has 0 spiro atoms. The van der Waals surface area contributed by atoms with Crippen molar-refractivity contribution in [3.05, 3.63) is 35.4 Å². The van der Waals surface area contributed by atoms with E-state index in [0.29, 0.717) is 11.8 Å². The maximum Gasteiger partial charge on any atom is 0.129 e. The Morgan fingerprint density at radius 3 is 2.44 bits per heavy atom. The highest BCUT2D eigenvalue weighted by molar-refractivity contribution is 5.26. The molecule has 1 aromatic carbocycles. The van der Waals surface area contributed by atoms with Gasteiger partial charge in [-0.1, -0.05) is 0 Å². The van der Waals surface area contributed by atoms with Gasteiger partial charge in [0, 0.05) is 5.56 Å². The molecule has 3 saturated carbocycles. The van der Waals surface area contributed by atoms with Crippen LogP contribution in [0.1, 0.15) is 30.9 Å². The van der Waals surface area contributed by atoms with Crippen molar-refractivity contribution in [2.45, 2.75) is 25.4 Å². The zero-order valence-corrected chi connectivity index (χ0v) is 10.0. The molecule has 1 nitrogen and oxygen atoms in total.